The van der Waals surface area contributed by atoms with Crippen molar-refractivity contribution in [3.63, 3.8) is 0 Å². The first-order valence-corrected chi connectivity index (χ1v) is 10.2. The van der Waals surface area contributed by atoms with E-state index in [2.05, 4.69) is 0 Å². The Balaban J connectivity index is 1.39. The van der Waals surface area contributed by atoms with Crippen molar-refractivity contribution in [2.24, 2.45) is 17.8 Å². The number of nitriles is 1. The van der Waals surface area contributed by atoms with Gasteiger partial charge in [-0.25, -0.2) is 4.39 Å². The molecule has 0 unspecified atom stereocenters. The lowest BCUT2D eigenvalue weighted by atomic mass is 9.68. The van der Waals surface area contributed by atoms with Crippen LogP contribution in [0.2, 0.25) is 0 Å². The van der Waals surface area contributed by atoms with Gasteiger partial charge in [-0.1, -0.05) is 25.0 Å². The molecule has 2 aliphatic carbocycles. The molecular weight excluding hydrogens is 328 g/mol. The summed E-state index contributed by atoms with van der Waals surface area (Å²) in [4.78, 5) is 0. The van der Waals surface area contributed by atoms with Gasteiger partial charge in [0.05, 0.1) is 0 Å². The molecule has 0 N–H and O–H groups in total. The van der Waals surface area contributed by atoms with E-state index in [-0.39, 0.29) is 5.82 Å². The lowest BCUT2D eigenvalue weighted by Gasteiger charge is -2.38. The topological polar surface area (TPSA) is 23.8 Å². The normalized spacial score (nSPS) is 30.0. The summed E-state index contributed by atoms with van der Waals surface area (Å²) in [7, 11) is 0. The highest BCUT2D eigenvalue weighted by Gasteiger charge is 2.31. The Morgan fingerprint density at radius 1 is 0.962 bits per heavy atom. The van der Waals surface area contributed by atoms with E-state index in [0.717, 1.165) is 18.3 Å². The highest BCUT2D eigenvalue weighted by atomic mass is 19.1. The largest absolute Gasteiger partial charge is 0.207 e. The molecule has 0 amide bonds. The van der Waals surface area contributed by atoms with Crippen molar-refractivity contribution in [1.29, 1.82) is 5.26 Å². The molecule has 3 rings (SSSR count). The van der Waals surface area contributed by atoms with Gasteiger partial charge in [-0.15, -0.1) is 0 Å². The second-order valence-electron chi connectivity index (χ2n) is 8.19. The maximum atomic E-state index is 13.1. The number of hydrogen-bond acceptors (Lipinski definition) is 1. The number of hydrogen-bond donors (Lipinski definition) is 0. The van der Waals surface area contributed by atoms with Gasteiger partial charge in [-0.05, 0) is 98.8 Å². The van der Waals surface area contributed by atoms with Gasteiger partial charge in [-0.2, -0.15) is 9.65 Å². The van der Waals surface area contributed by atoms with Gasteiger partial charge < -0.3 is 0 Å². The van der Waals surface area contributed by atoms with Crippen molar-refractivity contribution in [1.82, 2.24) is 0 Å². The van der Waals surface area contributed by atoms with Crippen molar-refractivity contribution >= 4 is 0 Å². The standard InChI is InChI=1S/C23H29F2N/c24-22-14-12-21(13-15-22)20-10-8-19(9-11-20)18-6-4-17(5-7-18)2-1-3-23(25)16-26/h3,12-15,17-20H,1-2,4-11H2. The SMILES string of the molecule is N#CC(F)=CCCC1CCC(C2CCC(c3ccc(F)cc3)CC2)CC1. The molecule has 140 valence electrons. The molecule has 1 nitrogen and oxygen atoms in total. The number of halogens is 2. The quantitative estimate of drug-likeness (QED) is 0.517. The minimum absolute atomic E-state index is 0.148. The van der Waals surface area contributed by atoms with E-state index in [1.54, 1.807) is 18.2 Å². The predicted octanol–water partition coefficient (Wildman–Crippen LogP) is 7.06. The van der Waals surface area contributed by atoms with Crippen LogP contribution in [0.15, 0.2) is 36.2 Å². The van der Waals surface area contributed by atoms with E-state index < -0.39 is 5.83 Å². The average Bonchev–Trinajstić information content (AvgIpc) is 2.69. The van der Waals surface area contributed by atoms with Crippen molar-refractivity contribution in [2.45, 2.75) is 70.1 Å². The van der Waals surface area contributed by atoms with Crippen LogP contribution in [-0.4, -0.2) is 0 Å². The fourth-order valence-corrected chi connectivity index (χ4v) is 5.10. The first-order chi connectivity index (χ1) is 12.7. The second-order valence-corrected chi connectivity index (χ2v) is 8.19. The predicted molar refractivity (Wildman–Crippen MR) is 101 cm³/mol. The Labute approximate surface area is 156 Å². The molecule has 2 aliphatic rings. The number of rotatable bonds is 5. The summed E-state index contributed by atoms with van der Waals surface area (Å²) in [5.41, 5.74) is 1.30. The lowest BCUT2D eigenvalue weighted by Crippen LogP contribution is -2.25. The van der Waals surface area contributed by atoms with Crippen molar-refractivity contribution in [3.8, 4) is 6.07 Å². The zero-order chi connectivity index (χ0) is 18.4. The molecule has 0 spiro atoms. The van der Waals surface area contributed by atoms with Gasteiger partial charge >= 0.3 is 0 Å². The number of nitrogens with zero attached hydrogens (tertiary/aromatic N) is 1. The van der Waals surface area contributed by atoms with Crippen LogP contribution in [0.5, 0.6) is 0 Å². The van der Waals surface area contributed by atoms with Crippen LogP contribution in [0.3, 0.4) is 0 Å². The molecule has 0 radical (unpaired) electrons. The summed E-state index contributed by atoms with van der Waals surface area (Å²) in [6.07, 6.45) is 13.3. The average molecular weight is 357 g/mol. The Kier molecular flexibility index (Phi) is 6.83. The molecule has 1 aromatic rings. The van der Waals surface area contributed by atoms with Gasteiger partial charge in [-0.3, -0.25) is 0 Å². The van der Waals surface area contributed by atoms with Crippen molar-refractivity contribution in [2.75, 3.05) is 0 Å². The molecule has 0 aromatic heterocycles. The first-order valence-electron chi connectivity index (χ1n) is 10.2. The molecule has 2 fully saturated rings. The molecule has 0 saturated heterocycles. The summed E-state index contributed by atoms with van der Waals surface area (Å²) in [5.74, 6) is 2.21. The first kappa shape index (κ1) is 19.1. The van der Waals surface area contributed by atoms with Gasteiger partial charge in [0.15, 0.2) is 5.83 Å². The second kappa shape index (κ2) is 9.31. The molecule has 3 heteroatoms. The van der Waals surface area contributed by atoms with E-state index in [9.17, 15) is 8.78 Å². The Bertz CT molecular complexity index is 627. The van der Waals surface area contributed by atoms with Crippen LogP contribution in [0.1, 0.15) is 75.7 Å². The fraction of sp³-hybridized carbons (Fsp3) is 0.609. The molecule has 0 heterocycles. The third-order valence-corrected chi connectivity index (χ3v) is 6.68. The monoisotopic (exact) mass is 357 g/mol. The van der Waals surface area contributed by atoms with Crippen molar-refractivity contribution < 1.29 is 8.78 Å². The van der Waals surface area contributed by atoms with Crippen LogP contribution >= 0.6 is 0 Å². The van der Waals surface area contributed by atoms with Crippen LogP contribution < -0.4 is 0 Å². The lowest BCUT2D eigenvalue weighted by molar-refractivity contribution is 0.157. The van der Waals surface area contributed by atoms with E-state index in [1.807, 2.05) is 12.1 Å². The van der Waals surface area contributed by atoms with Gasteiger partial charge in [0, 0.05) is 0 Å². The molecule has 2 saturated carbocycles. The van der Waals surface area contributed by atoms with Crippen LogP contribution in [-0.2, 0) is 0 Å². The molecule has 26 heavy (non-hydrogen) atoms. The van der Waals surface area contributed by atoms with E-state index in [4.69, 9.17) is 5.26 Å². The number of allylic oxidation sites excluding steroid dienone is 2. The van der Waals surface area contributed by atoms with Gasteiger partial charge in [0.25, 0.3) is 0 Å². The molecule has 0 aliphatic heterocycles. The summed E-state index contributed by atoms with van der Waals surface area (Å²) in [5, 5.41) is 8.44. The zero-order valence-corrected chi connectivity index (χ0v) is 15.5. The van der Waals surface area contributed by atoms with E-state index in [0.29, 0.717) is 18.3 Å². The highest BCUT2D eigenvalue weighted by Crippen LogP contribution is 2.44. The maximum absolute atomic E-state index is 13.1. The van der Waals surface area contributed by atoms with Crippen LogP contribution in [0.4, 0.5) is 8.78 Å². The number of benzene rings is 1. The third-order valence-electron chi connectivity index (χ3n) is 6.68. The molecule has 1 aromatic carbocycles. The van der Waals surface area contributed by atoms with Gasteiger partial charge in [0.1, 0.15) is 11.9 Å². The third kappa shape index (κ3) is 5.16. The zero-order valence-electron chi connectivity index (χ0n) is 15.5. The summed E-state index contributed by atoms with van der Waals surface area (Å²) in [6.45, 7) is 0. The smallest absolute Gasteiger partial charge is 0.196 e. The Morgan fingerprint density at radius 3 is 2.12 bits per heavy atom. The van der Waals surface area contributed by atoms with Crippen LogP contribution in [0.25, 0.3) is 0 Å². The highest BCUT2D eigenvalue weighted by molar-refractivity contribution is 5.21. The van der Waals surface area contributed by atoms with E-state index in [1.165, 1.54) is 63.0 Å². The summed E-state index contributed by atoms with van der Waals surface area (Å²) < 4.78 is 25.9. The molecular formula is C23H29F2N. The summed E-state index contributed by atoms with van der Waals surface area (Å²) >= 11 is 0. The van der Waals surface area contributed by atoms with E-state index >= 15 is 0 Å². The minimum atomic E-state index is -0.642. The minimum Gasteiger partial charge on any atom is -0.207 e. The fourth-order valence-electron chi connectivity index (χ4n) is 5.10. The van der Waals surface area contributed by atoms with Crippen molar-refractivity contribution in [3.05, 3.63) is 47.5 Å². The summed E-state index contributed by atoms with van der Waals surface area (Å²) in [6, 6.07) is 8.62. The molecule has 0 bridgehead atoms. The Morgan fingerprint density at radius 2 is 1.54 bits per heavy atom. The van der Waals surface area contributed by atoms with Crippen LogP contribution in [0, 0.1) is 34.9 Å². The Hall–Kier alpha value is -1.69. The van der Waals surface area contributed by atoms with Gasteiger partial charge in [0.2, 0.25) is 0 Å². The maximum Gasteiger partial charge on any atom is 0.196 e. The molecule has 0 atom stereocenters.